The molecule has 1 aromatic heterocycles. The van der Waals surface area contributed by atoms with Crippen LogP contribution in [0.25, 0.3) is 0 Å². The number of nitrogens with zero attached hydrogens (tertiary/aromatic N) is 6. The van der Waals surface area contributed by atoms with Crippen LogP contribution in [-0.4, -0.2) is 93.5 Å². The van der Waals surface area contributed by atoms with Crippen molar-refractivity contribution in [3.63, 3.8) is 0 Å². The predicted octanol–water partition coefficient (Wildman–Crippen LogP) is 1.94. The zero-order valence-electron chi connectivity index (χ0n) is 21.1. The molecule has 0 unspecified atom stereocenters. The number of carbonyl (C=O) groups excluding carboxylic acids is 2. The Balaban J connectivity index is 1.08. The van der Waals surface area contributed by atoms with Crippen molar-refractivity contribution in [1.29, 1.82) is 0 Å². The Morgan fingerprint density at radius 1 is 1.00 bits per heavy atom. The van der Waals surface area contributed by atoms with E-state index in [4.69, 9.17) is 0 Å². The molecular formula is C27H36N6O3. The lowest BCUT2D eigenvalue weighted by atomic mass is 9.93. The van der Waals surface area contributed by atoms with Gasteiger partial charge in [-0.2, -0.15) is 0 Å². The first kappa shape index (κ1) is 24.6. The average Bonchev–Trinajstić information content (AvgIpc) is 3.22. The molecule has 1 aromatic carbocycles. The van der Waals surface area contributed by atoms with Gasteiger partial charge in [-0.3, -0.25) is 14.7 Å². The van der Waals surface area contributed by atoms with Gasteiger partial charge < -0.3 is 19.8 Å². The maximum absolute atomic E-state index is 12.9. The number of aliphatic hydroxyl groups is 1. The normalized spacial score (nSPS) is 20.1. The summed E-state index contributed by atoms with van der Waals surface area (Å²) < 4.78 is 0. The number of fused-ring (bicyclic) bond motifs is 1. The lowest BCUT2D eigenvalue weighted by Gasteiger charge is -2.31. The van der Waals surface area contributed by atoms with Crippen molar-refractivity contribution in [2.45, 2.75) is 45.4 Å². The molecule has 0 radical (unpaired) electrons. The number of Topliss-reactive ketones (excluding diaryl/α,β-unsaturated/α-hetero) is 1. The van der Waals surface area contributed by atoms with Crippen LogP contribution in [0.15, 0.2) is 36.7 Å². The number of anilines is 1. The van der Waals surface area contributed by atoms with Crippen LogP contribution in [0.1, 0.15) is 36.6 Å². The Morgan fingerprint density at radius 2 is 1.75 bits per heavy atom. The van der Waals surface area contributed by atoms with Crippen LogP contribution in [-0.2, 0) is 24.3 Å². The van der Waals surface area contributed by atoms with E-state index in [1.165, 1.54) is 11.1 Å². The number of carbonyl (C=O) groups is 2. The van der Waals surface area contributed by atoms with Crippen molar-refractivity contribution >= 4 is 17.6 Å². The largest absolute Gasteiger partial charge is 0.390 e. The first-order chi connectivity index (χ1) is 17.5. The van der Waals surface area contributed by atoms with Crippen LogP contribution in [0, 0.1) is 5.92 Å². The molecular weight excluding hydrogens is 456 g/mol. The quantitative estimate of drug-likeness (QED) is 0.602. The molecule has 2 aromatic rings. The van der Waals surface area contributed by atoms with E-state index in [0.29, 0.717) is 32.7 Å². The standard InChI is InChI=1S/C27H36N6O3/c1-20(34)21-7-10-31(11-8-21)26-15-28-24(14-29-26)17-32-12-13-33(27(32)36)19-25(35)18-30-9-6-22-4-2-3-5-23(22)16-30/h2-5,14-15,21,25,35H,6-13,16-19H2,1H3/t25-/m1/s1. The summed E-state index contributed by atoms with van der Waals surface area (Å²) in [6.45, 7) is 7.60. The van der Waals surface area contributed by atoms with E-state index < -0.39 is 6.10 Å². The highest BCUT2D eigenvalue weighted by Crippen LogP contribution is 2.23. The second-order valence-corrected chi connectivity index (χ2v) is 10.3. The topological polar surface area (TPSA) is 93.1 Å². The molecule has 1 atom stereocenters. The monoisotopic (exact) mass is 492 g/mol. The Morgan fingerprint density at radius 3 is 2.47 bits per heavy atom. The number of aliphatic hydroxyl groups excluding tert-OH is 1. The number of hydrogen-bond donors (Lipinski definition) is 1. The van der Waals surface area contributed by atoms with Crippen LogP contribution in [0.3, 0.4) is 0 Å². The fourth-order valence-corrected chi connectivity index (χ4v) is 5.57. The number of ketones is 1. The Kier molecular flexibility index (Phi) is 7.48. The second kappa shape index (κ2) is 10.9. The van der Waals surface area contributed by atoms with Gasteiger partial charge in [0.25, 0.3) is 0 Å². The third kappa shape index (κ3) is 5.68. The third-order valence-corrected chi connectivity index (χ3v) is 7.73. The molecule has 0 aliphatic carbocycles. The maximum Gasteiger partial charge on any atom is 0.320 e. The lowest BCUT2D eigenvalue weighted by Crippen LogP contribution is -2.43. The summed E-state index contributed by atoms with van der Waals surface area (Å²) in [5, 5.41) is 10.7. The molecule has 2 saturated heterocycles. The molecule has 9 heteroatoms. The van der Waals surface area contributed by atoms with E-state index in [0.717, 1.165) is 57.0 Å². The molecule has 2 fully saturated rings. The molecule has 5 rings (SSSR count). The zero-order chi connectivity index (χ0) is 25.1. The van der Waals surface area contributed by atoms with Gasteiger partial charge in [0.1, 0.15) is 11.6 Å². The SMILES string of the molecule is CC(=O)C1CCN(c2cnc(CN3CCN(C[C@H](O)CN4CCc5ccccc5C4)C3=O)cn2)CC1. The van der Waals surface area contributed by atoms with E-state index in [1.54, 1.807) is 29.1 Å². The summed E-state index contributed by atoms with van der Waals surface area (Å²) in [5.74, 6) is 1.25. The molecule has 0 spiro atoms. The van der Waals surface area contributed by atoms with Gasteiger partial charge in [0.15, 0.2) is 0 Å². The van der Waals surface area contributed by atoms with E-state index in [9.17, 15) is 14.7 Å². The average molecular weight is 493 g/mol. The highest BCUT2D eigenvalue weighted by molar-refractivity contribution is 5.78. The Labute approximate surface area is 212 Å². The number of amides is 2. The zero-order valence-corrected chi connectivity index (χ0v) is 21.1. The molecule has 192 valence electrons. The van der Waals surface area contributed by atoms with E-state index in [-0.39, 0.29) is 17.7 Å². The number of hydrogen-bond acceptors (Lipinski definition) is 7. The molecule has 0 saturated carbocycles. The molecule has 9 nitrogen and oxygen atoms in total. The number of β-amino-alcohol motifs (C(OH)–C–C–N with tert-alkyl or cyclic N) is 1. The lowest BCUT2D eigenvalue weighted by molar-refractivity contribution is -0.121. The van der Waals surface area contributed by atoms with Crippen LogP contribution in [0.2, 0.25) is 0 Å². The van der Waals surface area contributed by atoms with E-state index >= 15 is 0 Å². The minimum atomic E-state index is -0.578. The van der Waals surface area contributed by atoms with Gasteiger partial charge in [0.2, 0.25) is 0 Å². The van der Waals surface area contributed by atoms with Gasteiger partial charge in [-0.05, 0) is 37.3 Å². The number of piperidine rings is 1. The number of rotatable bonds is 8. The fourth-order valence-electron chi connectivity index (χ4n) is 5.57. The van der Waals surface area contributed by atoms with Crippen molar-refractivity contribution in [3.05, 3.63) is 53.5 Å². The highest BCUT2D eigenvalue weighted by atomic mass is 16.3. The van der Waals surface area contributed by atoms with Crippen molar-refractivity contribution in [2.24, 2.45) is 5.92 Å². The molecule has 0 bridgehead atoms. The summed E-state index contributed by atoms with van der Waals surface area (Å²) in [6.07, 6.45) is 5.63. The molecule has 3 aliphatic rings. The van der Waals surface area contributed by atoms with Gasteiger partial charge in [0.05, 0.1) is 30.7 Å². The van der Waals surface area contributed by atoms with Gasteiger partial charge >= 0.3 is 6.03 Å². The van der Waals surface area contributed by atoms with Crippen LogP contribution in [0.5, 0.6) is 0 Å². The highest BCUT2D eigenvalue weighted by Gasteiger charge is 2.31. The predicted molar refractivity (Wildman–Crippen MR) is 136 cm³/mol. The first-order valence-electron chi connectivity index (χ1n) is 13.0. The van der Waals surface area contributed by atoms with Crippen molar-refractivity contribution < 1.29 is 14.7 Å². The van der Waals surface area contributed by atoms with Gasteiger partial charge in [-0.1, -0.05) is 24.3 Å². The minimum Gasteiger partial charge on any atom is -0.390 e. The minimum absolute atomic E-state index is 0.0600. The summed E-state index contributed by atoms with van der Waals surface area (Å²) in [6, 6.07) is 8.41. The van der Waals surface area contributed by atoms with Crippen molar-refractivity contribution in [1.82, 2.24) is 24.7 Å². The van der Waals surface area contributed by atoms with Gasteiger partial charge in [-0.15, -0.1) is 0 Å². The van der Waals surface area contributed by atoms with Crippen LogP contribution in [0.4, 0.5) is 10.6 Å². The van der Waals surface area contributed by atoms with Gasteiger partial charge in [0, 0.05) is 58.3 Å². The number of benzene rings is 1. The second-order valence-electron chi connectivity index (χ2n) is 10.3. The van der Waals surface area contributed by atoms with Crippen molar-refractivity contribution in [3.8, 4) is 0 Å². The Hall–Kier alpha value is -3.04. The van der Waals surface area contributed by atoms with Crippen molar-refractivity contribution in [2.75, 3.05) is 50.7 Å². The maximum atomic E-state index is 12.9. The van der Waals surface area contributed by atoms with E-state index in [2.05, 4.69) is 44.0 Å². The van der Waals surface area contributed by atoms with Crippen LogP contribution >= 0.6 is 0 Å². The molecule has 36 heavy (non-hydrogen) atoms. The molecule has 2 amide bonds. The van der Waals surface area contributed by atoms with Gasteiger partial charge in [-0.25, -0.2) is 9.78 Å². The first-order valence-corrected chi connectivity index (χ1v) is 13.0. The molecule has 4 heterocycles. The third-order valence-electron chi connectivity index (χ3n) is 7.73. The number of aromatic nitrogens is 2. The van der Waals surface area contributed by atoms with Crippen LogP contribution < -0.4 is 4.90 Å². The van der Waals surface area contributed by atoms with E-state index in [1.807, 2.05) is 0 Å². The molecule has 3 aliphatic heterocycles. The smallest absolute Gasteiger partial charge is 0.320 e. The number of urea groups is 1. The summed E-state index contributed by atoms with van der Waals surface area (Å²) in [5.41, 5.74) is 3.47. The summed E-state index contributed by atoms with van der Waals surface area (Å²) in [7, 11) is 0. The fraction of sp³-hybridized carbons (Fsp3) is 0.556. The summed E-state index contributed by atoms with van der Waals surface area (Å²) in [4.78, 5) is 41.6. The molecule has 1 N–H and O–H groups in total. The Bertz CT molecular complexity index is 1070. The summed E-state index contributed by atoms with van der Waals surface area (Å²) >= 11 is 0.